The van der Waals surface area contributed by atoms with Crippen LogP contribution in [-0.2, 0) is 11.4 Å². The van der Waals surface area contributed by atoms with Crippen molar-refractivity contribution in [3.05, 3.63) is 52.0 Å². The minimum Gasteiger partial charge on any atom is -0.494 e. The standard InChI is InChI=1S/C20H21BrO5/c1-4-25-16-9-7-14(8-10-16)13-26-19-17(23-2)12-15(6-5-11-22)18(21)20(19)24-3/h5-12H,4,13H2,1-3H3. The molecule has 0 N–H and O–H groups in total. The highest BCUT2D eigenvalue weighted by molar-refractivity contribution is 9.10. The van der Waals surface area contributed by atoms with Crippen molar-refractivity contribution in [1.82, 2.24) is 0 Å². The first kappa shape index (κ1) is 19.8. The number of hydrogen-bond donors (Lipinski definition) is 0. The van der Waals surface area contributed by atoms with Crippen molar-refractivity contribution in [3.8, 4) is 23.0 Å². The molecule has 0 aliphatic rings. The van der Waals surface area contributed by atoms with Crippen molar-refractivity contribution in [2.75, 3.05) is 20.8 Å². The van der Waals surface area contributed by atoms with E-state index in [1.807, 2.05) is 31.2 Å². The van der Waals surface area contributed by atoms with Gasteiger partial charge in [-0.05, 0) is 58.3 Å². The lowest BCUT2D eigenvalue weighted by Gasteiger charge is -2.17. The largest absolute Gasteiger partial charge is 0.494 e. The molecule has 6 heteroatoms. The van der Waals surface area contributed by atoms with E-state index in [1.165, 1.54) is 6.08 Å². The summed E-state index contributed by atoms with van der Waals surface area (Å²) in [6.45, 7) is 2.92. The fourth-order valence-corrected chi connectivity index (χ4v) is 2.94. The fraction of sp³-hybridized carbons (Fsp3) is 0.250. The number of methoxy groups -OCH3 is 2. The maximum Gasteiger partial charge on any atom is 0.205 e. The summed E-state index contributed by atoms with van der Waals surface area (Å²) in [5, 5.41) is 0. The Kier molecular flexibility index (Phi) is 7.53. The molecule has 0 unspecified atom stereocenters. The van der Waals surface area contributed by atoms with Gasteiger partial charge in [0.1, 0.15) is 18.6 Å². The van der Waals surface area contributed by atoms with Crippen molar-refractivity contribution in [2.24, 2.45) is 0 Å². The van der Waals surface area contributed by atoms with Crippen LogP contribution in [0.5, 0.6) is 23.0 Å². The van der Waals surface area contributed by atoms with Crippen LogP contribution in [0.3, 0.4) is 0 Å². The molecule has 0 bridgehead atoms. The molecule has 26 heavy (non-hydrogen) atoms. The normalized spacial score (nSPS) is 10.6. The lowest BCUT2D eigenvalue weighted by atomic mass is 10.1. The molecule has 0 atom stereocenters. The van der Waals surface area contributed by atoms with E-state index in [1.54, 1.807) is 26.4 Å². The number of benzene rings is 2. The molecule has 138 valence electrons. The van der Waals surface area contributed by atoms with Crippen molar-refractivity contribution in [1.29, 1.82) is 0 Å². The van der Waals surface area contributed by atoms with Gasteiger partial charge in [-0.1, -0.05) is 18.2 Å². The minimum absolute atomic E-state index is 0.342. The van der Waals surface area contributed by atoms with E-state index < -0.39 is 0 Å². The maximum absolute atomic E-state index is 10.6. The van der Waals surface area contributed by atoms with E-state index in [2.05, 4.69) is 15.9 Å². The predicted octanol–water partition coefficient (Wildman–Crippen LogP) is 4.66. The Labute approximate surface area is 161 Å². The molecular formula is C20H21BrO5. The second-order valence-corrected chi connectivity index (χ2v) is 6.00. The summed E-state index contributed by atoms with van der Waals surface area (Å²) in [6, 6.07) is 9.47. The Morgan fingerprint density at radius 3 is 2.35 bits per heavy atom. The molecule has 2 rings (SSSR count). The Morgan fingerprint density at radius 2 is 1.77 bits per heavy atom. The van der Waals surface area contributed by atoms with Gasteiger partial charge in [-0.25, -0.2) is 0 Å². The van der Waals surface area contributed by atoms with Crippen molar-refractivity contribution in [3.63, 3.8) is 0 Å². The van der Waals surface area contributed by atoms with E-state index in [9.17, 15) is 4.79 Å². The SMILES string of the molecule is CCOc1ccc(COc2c(OC)cc(C=CC=O)c(Br)c2OC)cc1. The van der Waals surface area contributed by atoms with Crippen LogP contribution in [0, 0.1) is 0 Å². The van der Waals surface area contributed by atoms with Crippen molar-refractivity contribution < 1.29 is 23.7 Å². The number of carbonyl (C=O) groups is 1. The molecule has 0 aliphatic heterocycles. The Hall–Kier alpha value is -2.47. The van der Waals surface area contributed by atoms with Crippen LogP contribution < -0.4 is 18.9 Å². The second kappa shape index (κ2) is 9.87. The van der Waals surface area contributed by atoms with Gasteiger partial charge < -0.3 is 18.9 Å². The zero-order valence-corrected chi connectivity index (χ0v) is 16.5. The first-order valence-electron chi connectivity index (χ1n) is 8.05. The number of hydrogen-bond acceptors (Lipinski definition) is 5. The predicted molar refractivity (Wildman–Crippen MR) is 104 cm³/mol. The van der Waals surface area contributed by atoms with Gasteiger partial charge in [0, 0.05) is 0 Å². The summed E-state index contributed by atoms with van der Waals surface area (Å²) in [6.07, 6.45) is 3.78. The van der Waals surface area contributed by atoms with E-state index in [4.69, 9.17) is 18.9 Å². The van der Waals surface area contributed by atoms with Crippen LogP contribution in [-0.4, -0.2) is 27.1 Å². The highest BCUT2D eigenvalue weighted by Gasteiger charge is 2.19. The third kappa shape index (κ3) is 4.79. The van der Waals surface area contributed by atoms with Gasteiger partial charge >= 0.3 is 0 Å². The summed E-state index contributed by atoms with van der Waals surface area (Å²) < 4.78 is 23.0. The second-order valence-electron chi connectivity index (χ2n) is 5.21. The average Bonchev–Trinajstić information content (AvgIpc) is 2.66. The average molecular weight is 421 g/mol. The topological polar surface area (TPSA) is 54.0 Å². The summed E-state index contributed by atoms with van der Waals surface area (Å²) in [4.78, 5) is 10.6. The number of carbonyl (C=O) groups excluding carboxylic acids is 1. The van der Waals surface area contributed by atoms with Gasteiger partial charge in [0.2, 0.25) is 5.75 Å². The first-order chi connectivity index (χ1) is 12.6. The molecule has 0 aromatic heterocycles. The molecule has 5 nitrogen and oxygen atoms in total. The number of allylic oxidation sites excluding steroid dienone is 1. The van der Waals surface area contributed by atoms with Gasteiger partial charge in [0.15, 0.2) is 11.5 Å². The van der Waals surface area contributed by atoms with Gasteiger partial charge in [0.25, 0.3) is 0 Å². The maximum atomic E-state index is 10.6. The van der Waals surface area contributed by atoms with Gasteiger partial charge in [0.05, 0.1) is 25.3 Å². The molecule has 0 aliphatic carbocycles. The van der Waals surface area contributed by atoms with Crippen LogP contribution in [0.2, 0.25) is 0 Å². The lowest BCUT2D eigenvalue weighted by Crippen LogP contribution is -2.02. The van der Waals surface area contributed by atoms with E-state index in [-0.39, 0.29) is 0 Å². The summed E-state index contributed by atoms with van der Waals surface area (Å²) in [7, 11) is 3.11. The van der Waals surface area contributed by atoms with E-state index >= 15 is 0 Å². The molecule has 0 heterocycles. The first-order valence-corrected chi connectivity index (χ1v) is 8.84. The highest BCUT2D eigenvalue weighted by atomic mass is 79.9. The van der Waals surface area contributed by atoms with Crippen LogP contribution in [0.1, 0.15) is 18.1 Å². The number of halogens is 1. The van der Waals surface area contributed by atoms with Crippen molar-refractivity contribution >= 4 is 28.3 Å². The van der Waals surface area contributed by atoms with Crippen LogP contribution in [0.4, 0.5) is 0 Å². The molecule has 2 aromatic rings. The van der Waals surface area contributed by atoms with Gasteiger partial charge in [-0.2, -0.15) is 0 Å². The Morgan fingerprint density at radius 1 is 1.04 bits per heavy atom. The smallest absolute Gasteiger partial charge is 0.205 e. The minimum atomic E-state index is 0.342. The van der Waals surface area contributed by atoms with E-state index in [0.717, 1.165) is 16.9 Å². The monoisotopic (exact) mass is 420 g/mol. The summed E-state index contributed by atoms with van der Waals surface area (Å²) >= 11 is 3.49. The molecule has 0 fully saturated rings. The number of rotatable bonds is 9. The third-order valence-electron chi connectivity index (χ3n) is 3.57. The molecule has 0 saturated heterocycles. The number of ether oxygens (including phenoxy) is 4. The third-order valence-corrected chi connectivity index (χ3v) is 4.38. The van der Waals surface area contributed by atoms with Crippen LogP contribution >= 0.6 is 15.9 Å². The molecule has 2 aromatic carbocycles. The van der Waals surface area contributed by atoms with Gasteiger partial charge in [-0.3, -0.25) is 4.79 Å². The van der Waals surface area contributed by atoms with Crippen LogP contribution in [0.15, 0.2) is 40.9 Å². The Balaban J connectivity index is 2.28. The quantitative estimate of drug-likeness (QED) is 0.436. The zero-order valence-electron chi connectivity index (χ0n) is 15.0. The molecule has 0 spiro atoms. The number of aldehydes is 1. The molecular weight excluding hydrogens is 400 g/mol. The molecule has 0 saturated carbocycles. The van der Waals surface area contributed by atoms with Gasteiger partial charge in [-0.15, -0.1) is 0 Å². The highest BCUT2D eigenvalue weighted by Crippen LogP contribution is 2.45. The Bertz CT molecular complexity index is 769. The van der Waals surface area contributed by atoms with Crippen LogP contribution in [0.25, 0.3) is 6.08 Å². The van der Waals surface area contributed by atoms with E-state index in [0.29, 0.717) is 41.2 Å². The lowest BCUT2D eigenvalue weighted by molar-refractivity contribution is -0.104. The summed E-state index contributed by atoms with van der Waals surface area (Å²) in [5.74, 6) is 2.32. The summed E-state index contributed by atoms with van der Waals surface area (Å²) in [5.41, 5.74) is 1.73. The molecule has 0 radical (unpaired) electrons. The zero-order chi connectivity index (χ0) is 18.9. The fourth-order valence-electron chi connectivity index (χ4n) is 2.35. The van der Waals surface area contributed by atoms with Crippen molar-refractivity contribution in [2.45, 2.75) is 13.5 Å². The molecule has 0 amide bonds.